The van der Waals surface area contributed by atoms with E-state index in [1.807, 2.05) is 11.8 Å². The molecule has 1 saturated carbocycles. The molecule has 1 aromatic heterocycles. The molecule has 2 heterocycles. The molecule has 8 heteroatoms. The lowest BCUT2D eigenvalue weighted by atomic mass is 10.1. The Morgan fingerprint density at radius 1 is 1.27 bits per heavy atom. The highest BCUT2D eigenvalue weighted by molar-refractivity contribution is 7.92. The number of pyridine rings is 1. The number of anilines is 2. The van der Waals surface area contributed by atoms with Crippen LogP contribution in [0.2, 0.25) is 5.02 Å². The van der Waals surface area contributed by atoms with E-state index in [0.29, 0.717) is 11.4 Å². The lowest BCUT2D eigenvalue weighted by Gasteiger charge is -2.22. The maximum absolute atomic E-state index is 12.6. The van der Waals surface area contributed by atoms with Crippen molar-refractivity contribution in [1.29, 1.82) is 0 Å². The van der Waals surface area contributed by atoms with Crippen LogP contribution in [0.25, 0.3) is 0 Å². The van der Waals surface area contributed by atoms with E-state index in [9.17, 15) is 13.2 Å². The van der Waals surface area contributed by atoms with Gasteiger partial charge in [-0.1, -0.05) is 11.6 Å². The van der Waals surface area contributed by atoms with Crippen LogP contribution in [-0.2, 0) is 21.2 Å². The molecule has 1 N–H and O–H groups in total. The van der Waals surface area contributed by atoms with E-state index in [4.69, 9.17) is 11.6 Å². The largest absolute Gasteiger partial charge is 0.309 e. The van der Waals surface area contributed by atoms with E-state index in [0.717, 1.165) is 24.1 Å². The number of carbonyl (C=O) groups excluding carboxylic acids is 1. The molecular formula is C18H18ClN3O3S. The summed E-state index contributed by atoms with van der Waals surface area (Å²) in [7, 11) is -3.77. The number of sulfonamides is 1. The first-order chi connectivity index (χ1) is 12.3. The Kier molecular flexibility index (Phi) is 4.16. The highest BCUT2D eigenvalue weighted by Crippen LogP contribution is 2.39. The molecule has 1 aliphatic carbocycles. The number of aromatic nitrogens is 1. The van der Waals surface area contributed by atoms with Crippen LogP contribution in [0, 0.1) is 5.92 Å². The van der Waals surface area contributed by atoms with Crippen molar-refractivity contribution < 1.29 is 13.2 Å². The molecule has 4 rings (SSSR count). The van der Waals surface area contributed by atoms with Gasteiger partial charge in [0.1, 0.15) is 5.82 Å². The summed E-state index contributed by atoms with van der Waals surface area (Å²) in [5.41, 5.74) is 1.69. The molecule has 1 unspecified atom stereocenters. The van der Waals surface area contributed by atoms with Crippen molar-refractivity contribution in [3.8, 4) is 0 Å². The van der Waals surface area contributed by atoms with Crippen molar-refractivity contribution in [1.82, 2.24) is 4.98 Å². The first kappa shape index (κ1) is 17.3. The summed E-state index contributed by atoms with van der Waals surface area (Å²) in [4.78, 5) is 18.4. The fourth-order valence-electron chi connectivity index (χ4n) is 3.27. The van der Waals surface area contributed by atoms with Crippen LogP contribution in [0.1, 0.15) is 25.3 Å². The van der Waals surface area contributed by atoms with Gasteiger partial charge >= 0.3 is 0 Å². The normalized spacial score (nSPS) is 19.3. The van der Waals surface area contributed by atoms with Crippen molar-refractivity contribution in [3.05, 3.63) is 47.1 Å². The summed E-state index contributed by atoms with van der Waals surface area (Å²) in [6.07, 6.45) is 3.92. The van der Waals surface area contributed by atoms with Gasteiger partial charge in [0.05, 0.1) is 9.92 Å². The Bertz CT molecular complexity index is 972. The van der Waals surface area contributed by atoms with Gasteiger partial charge in [-0.2, -0.15) is 0 Å². The second-order valence-corrected chi connectivity index (χ2v) is 8.91. The molecule has 1 amide bonds. The number of halogens is 1. The van der Waals surface area contributed by atoms with Crippen molar-refractivity contribution >= 4 is 39.0 Å². The number of nitrogens with zero attached hydrogens (tertiary/aromatic N) is 2. The highest BCUT2D eigenvalue weighted by atomic mass is 35.5. The number of carbonyl (C=O) groups is 1. The van der Waals surface area contributed by atoms with Gasteiger partial charge in [-0.05, 0) is 62.1 Å². The number of hydrogen-bond donors (Lipinski definition) is 1. The zero-order valence-electron chi connectivity index (χ0n) is 14.1. The van der Waals surface area contributed by atoms with Gasteiger partial charge in [-0.15, -0.1) is 0 Å². The van der Waals surface area contributed by atoms with Crippen LogP contribution in [0.4, 0.5) is 11.5 Å². The Morgan fingerprint density at radius 2 is 2.04 bits per heavy atom. The van der Waals surface area contributed by atoms with Crippen LogP contribution < -0.4 is 9.62 Å². The molecular weight excluding hydrogens is 374 g/mol. The van der Waals surface area contributed by atoms with Gasteiger partial charge in [0.15, 0.2) is 0 Å². The predicted molar refractivity (Wildman–Crippen MR) is 99.9 cm³/mol. The number of rotatable bonds is 4. The smallest absolute Gasteiger partial charge is 0.263 e. The SMILES string of the molecule is CC1Cc2cc(S(=O)(=O)Nc3ccc(Cl)cn3)ccc2N1C(=O)C1CC1. The van der Waals surface area contributed by atoms with E-state index in [-0.39, 0.29) is 28.6 Å². The van der Waals surface area contributed by atoms with Crippen LogP contribution in [-0.4, -0.2) is 25.4 Å². The zero-order valence-corrected chi connectivity index (χ0v) is 15.7. The van der Waals surface area contributed by atoms with Gasteiger partial charge in [0.25, 0.3) is 10.0 Å². The van der Waals surface area contributed by atoms with E-state index in [1.54, 1.807) is 18.2 Å². The van der Waals surface area contributed by atoms with E-state index in [2.05, 4.69) is 9.71 Å². The van der Waals surface area contributed by atoms with E-state index < -0.39 is 10.0 Å². The summed E-state index contributed by atoms with van der Waals surface area (Å²) in [6, 6.07) is 8.01. The quantitative estimate of drug-likeness (QED) is 0.867. The maximum Gasteiger partial charge on any atom is 0.263 e. The molecule has 1 aromatic carbocycles. The number of amides is 1. The predicted octanol–water partition coefficient (Wildman–Crippen LogP) is 3.22. The Hall–Kier alpha value is -2.12. The Balaban J connectivity index is 1.62. The fourth-order valence-corrected chi connectivity index (χ4v) is 4.44. The number of fused-ring (bicyclic) bond motifs is 1. The standard InChI is InChI=1S/C18H18ClN3O3S/c1-11-8-13-9-15(5-6-16(13)22(11)18(23)12-2-3-12)26(24,25)21-17-7-4-14(19)10-20-17/h4-7,9-12H,2-3,8H2,1H3,(H,20,21). The third-order valence-corrected chi connectivity index (χ3v) is 6.28. The van der Waals surface area contributed by atoms with Crippen LogP contribution in [0.3, 0.4) is 0 Å². The summed E-state index contributed by atoms with van der Waals surface area (Å²) in [6.45, 7) is 1.99. The van der Waals surface area contributed by atoms with Crippen LogP contribution >= 0.6 is 11.6 Å². The second-order valence-electron chi connectivity index (χ2n) is 6.79. The molecule has 1 fully saturated rings. The molecule has 136 valence electrons. The molecule has 2 aromatic rings. The molecule has 0 radical (unpaired) electrons. The number of benzene rings is 1. The topological polar surface area (TPSA) is 79.4 Å². The fraction of sp³-hybridized carbons (Fsp3) is 0.333. The number of nitrogens with one attached hydrogen (secondary N) is 1. The summed E-state index contributed by atoms with van der Waals surface area (Å²) in [5, 5.41) is 0.430. The first-order valence-electron chi connectivity index (χ1n) is 8.45. The Labute approximate surface area is 157 Å². The van der Waals surface area contributed by atoms with Gasteiger partial charge in [-0.3, -0.25) is 9.52 Å². The highest BCUT2D eigenvalue weighted by Gasteiger charge is 2.39. The van der Waals surface area contributed by atoms with Crippen molar-refractivity contribution in [2.75, 3.05) is 9.62 Å². The van der Waals surface area contributed by atoms with Gasteiger partial charge in [0.2, 0.25) is 5.91 Å². The van der Waals surface area contributed by atoms with Crippen molar-refractivity contribution in [2.45, 2.75) is 37.1 Å². The monoisotopic (exact) mass is 391 g/mol. The van der Waals surface area contributed by atoms with Gasteiger partial charge in [0, 0.05) is 23.8 Å². The molecule has 0 saturated heterocycles. The molecule has 1 atom stereocenters. The summed E-state index contributed by atoms with van der Waals surface area (Å²) in [5.74, 6) is 0.480. The molecule has 26 heavy (non-hydrogen) atoms. The molecule has 0 bridgehead atoms. The third-order valence-electron chi connectivity index (χ3n) is 4.71. The lowest BCUT2D eigenvalue weighted by Crippen LogP contribution is -2.36. The van der Waals surface area contributed by atoms with Gasteiger partial charge < -0.3 is 4.90 Å². The minimum absolute atomic E-state index is 0.0435. The first-order valence-corrected chi connectivity index (χ1v) is 10.3. The summed E-state index contributed by atoms with van der Waals surface area (Å²) >= 11 is 5.77. The zero-order chi connectivity index (χ0) is 18.5. The minimum atomic E-state index is -3.77. The van der Waals surface area contributed by atoms with Crippen LogP contribution in [0.15, 0.2) is 41.4 Å². The molecule has 0 spiro atoms. The maximum atomic E-state index is 12.6. The summed E-state index contributed by atoms with van der Waals surface area (Å²) < 4.78 is 27.7. The second kappa shape index (κ2) is 6.25. The third kappa shape index (κ3) is 3.17. The number of hydrogen-bond acceptors (Lipinski definition) is 4. The van der Waals surface area contributed by atoms with Crippen molar-refractivity contribution in [2.24, 2.45) is 5.92 Å². The Morgan fingerprint density at radius 3 is 2.69 bits per heavy atom. The van der Waals surface area contributed by atoms with Crippen LogP contribution in [0.5, 0.6) is 0 Å². The average Bonchev–Trinajstić information content (AvgIpc) is 3.38. The van der Waals surface area contributed by atoms with E-state index >= 15 is 0 Å². The molecule has 1 aliphatic heterocycles. The average molecular weight is 392 g/mol. The van der Waals surface area contributed by atoms with Crippen molar-refractivity contribution in [3.63, 3.8) is 0 Å². The molecule has 2 aliphatic rings. The molecule has 6 nitrogen and oxygen atoms in total. The minimum Gasteiger partial charge on any atom is -0.309 e. The van der Waals surface area contributed by atoms with E-state index in [1.165, 1.54) is 18.3 Å². The lowest BCUT2D eigenvalue weighted by molar-refractivity contribution is -0.120. The van der Waals surface area contributed by atoms with Gasteiger partial charge in [-0.25, -0.2) is 13.4 Å².